The maximum absolute atomic E-state index is 11.6. The number of carbonyl (C=O) groups is 1. The van der Waals surface area contributed by atoms with Gasteiger partial charge in [-0.25, -0.2) is 0 Å². The number of rotatable bonds is 5. The Bertz CT molecular complexity index is 329. The fourth-order valence-corrected chi connectivity index (χ4v) is 1.51. The van der Waals surface area contributed by atoms with Crippen LogP contribution in [0.2, 0.25) is 0 Å². The summed E-state index contributed by atoms with van der Waals surface area (Å²) in [4.78, 5) is 11.6. The molecule has 1 rings (SSSR count). The standard InChI is InChI=1S/C14H21NO/c1-4-11(3)15-14(16)10-13-8-6-12(5-2)7-9-13/h6-9,11H,4-5,10H2,1-3H3,(H,15,16). The van der Waals surface area contributed by atoms with E-state index in [1.165, 1.54) is 5.56 Å². The van der Waals surface area contributed by atoms with Gasteiger partial charge in [0.2, 0.25) is 5.91 Å². The largest absolute Gasteiger partial charge is 0.353 e. The van der Waals surface area contributed by atoms with Gasteiger partial charge in [0.25, 0.3) is 0 Å². The summed E-state index contributed by atoms with van der Waals surface area (Å²) in [5.41, 5.74) is 2.39. The van der Waals surface area contributed by atoms with Crippen LogP contribution in [0, 0.1) is 0 Å². The lowest BCUT2D eigenvalue weighted by molar-refractivity contribution is -0.121. The summed E-state index contributed by atoms with van der Waals surface area (Å²) >= 11 is 0. The molecule has 2 heteroatoms. The van der Waals surface area contributed by atoms with E-state index >= 15 is 0 Å². The van der Waals surface area contributed by atoms with E-state index in [1.54, 1.807) is 0 Å². The third-order valence-electron chi connectivity index (χ3n) is 2.82. The zero-order chi connectivity index (χ0) is 12.0. The van der Waals surface area contributed by atoms with Crippen LogP contribution in [-0.4, -0.2) is 11.9 Å². The van der Waals surface area contributed by atoms with Crippen LogP contribution in [0.4, 0.5) is 0 Å². The molecule has 0 spiro atoms. The zero-order valence-electron chi connectivity index (χ0n) is 10.4. The molecule has 0 fully saturated rings. The fourth-order valence-electron chi connectivity index (χ4n) is 1.51. The Hall–Kier alpha value is -1.31. The summed E-state index contributed by atoms with van der Waals surface area (Å²) in [5, 5.41) is 2.97. The first kappa shape index (κ1) is 12.8. The number of amides is 1. The van der Waals surface area contributed by atoms with Crippen LogP contribution in [0.15, 0.2) is 24.3 Å². The Morgan fingerprint density at radius 1 is 1.19 bits per heavy atom. The van der Waals surface area contributed by atoms with Crippen molar-refractivity contribution in [3.05, 3.63) is 35.4 Å². The van der Waals surface area contributed by atoms with Crippen LogP contribution in [0.1, 0.15) is 38.3 Å². The minimum Gasteiger partial charge on any atom is -0.353 e. The molecule has 0 radical (unpaired) electrons. The van der Waals surface area contributed by atoms with E-state index in [-0.39, 0.29) is 11.9 Å². The number of hydrogen-bond donors (Lipinski definition) is 1. The summed E-state index contributed by atoms with van der Waals surface area (Å²) < 4.78 is 0. The lowest BCUT2D eigenvalue weighted by Crippen LogP contribution is -2.33. The molecule has 2 nitrogen and oxygen atoms in total. The highest BCUT2D eigenvalue weighted by atomic mass is 16.1. The van der Waals surface area contributed by atoms with E-state index in [2.05, 4.69) is 31.3 Å². The highest BCUT2D eigenvalue weighted by molar-refractivity contribution is 5.78. The van der Waals surface area contributed by atoms with Crippen molar-refractivity contribution in [3.63, 3.8) is 0 Å². The van der Waals surface area contributed by atoms with Gasteiger partial charge < -0.3 is 5.32 Å². The highest BCUT2D eigenvalue weighted by Gasteiger charge is 2.06. The van der Waals surface area contributed by atoms with Gasteiger partial charge in [0.1, 0.15) is 0 Å². The van der Waals surface area contributed by atoms with Crippen molar-refractivity contribution in [2.45, 2.75) is 46.1 Å². The SMILES string of the molecule is CCc1ccc(CC(=O)NC(C)CC)cc1. The predicted octanol–water partition coefficient (Wildman–Crippen LogP) is 2.71. The maximum atomic E-state index is 11.6. The second kappa shape index (κ2) is 6.31. The number of hydrogen-bond acceptors (Lipinski definition) is 1. The molecule has 16 heavy (non-hydrogen) atoms. The fraction of sp³-hybridized carbons (Fsp3) is 0.500. The van der Waals surface area contributed by atoms with Crippen molar-refractivity contribution in [3.8, 4) is 0 Å². The number of aryl methyl sites for hydroxylation is 1. The van der Waals surface area contributed by atoms with Crippen LogP contribution in [-0.2, 0) is 17.6 Å². The van der Waals surface area contributed by atoms with Crippen LogP contribution in [0.3, 0.4) is 0 Å². The van der Waals surface area contributed by atoms with Gasteiger partial charge in [-0.05, 0) is 30.9 Å². The molecule has 0 saturated heterocycles. The van der Waals surface area contributed by atoms with Crippen molar-refractivity contribution in [1.29, 1.82) is 0 Å². The summed E-state index contributed by atoms with van der Waals surface area (Å²) in [5.74, 6) is 0.110. The van der Waals surface area contributed by atoms with Crippen LogP contribution >= 0.6 is 0 Å². The average molecular weight is 219 g/mol. The third-order valence-corrected chi connectivity index (χ3v) is 2.82. The normalized spacial score (nSPS) is 12.2. The maximum Gasteiger partial charge on any atom is 0.224 e. The van der Waals surface area contributed by atoms with Crippen molar-refractivity contribution < 1.29 is 4.79 Å². The molecular formula is C14H21NO. The second-order valence-electron chi connectivity index (χ2n) is 4.22. The highest BCUT2D eigenvalue weighted by Crippen LogP contribution is 2.05. The molecule has 1 N–H and O–H groups in total. The van der Waals surface area contributed by atoms with E-state index in [4.69, 9.17) is 0 Å². The lowest BCUT2D eigenvalue weighted by atomic mass is 10.1. The van der Waals surface area contributed by atoms with Crippen molar-refractivity contribution >= 4 is 5.91 Å². The van der Waals surface area contributed by atoms with Crippen molar-refractivity contribution in [2.24, 2.45) is 0 Å². The van der Waals surface area contributed by atoms with Crippen LogP contribution < -0.4 is 5.32 Å². The quantitative estimate of drug-likeness (QED) is 0.810. The smallest absolute Gasteiger partial charge is 0.224 e. The molecule has 0 bridgehead atoms. The molecular weight excluding hydrogens is 198 g/mol. The number of carbonyl (C=O) groups excluding carboxylic acids is 1. The second-order valence-corrected chi connectivity index (χ2v) is 4.22. The molecule has 0 aliphatic rings. The summed E-state index contributed by atoms with van der Waals surface area (Å²) in [7, 11) is 0. The Morgan fingerprint density at radius 2 is 1.75 bits per heavy atom. The zero-order valence-corrected chi connectivity index (χ0v) is 10.4. The monoisotopic (exact) mass is 219 g/mol. The van der Waals surface area contributed by atoms with E-state index in [0.29, 0.717) is 6.42 Å². The summed E-state index contributed by atoms with van der Waals surface area (Å²) in [6.45, 7) is 6.23. The number of nitrogens with one attached hydrogen (secondary N) is 1. The van der Waals surface area contributed by atoms with Crippen molar-refractivity contribution in [2.75, 3.05) is 0 Å². The Labute approximate surface area is 98.1 Å². The molecule has 0 aliphatic carbocycles. The molecule has 0 aromatic heterocycles. The average Bonchev–Trinajstić information content (AvgIpc) is 2.29. The first-order valence-electron chi connectivity index (χ1n) is 6.02. The predicted molar refractivity (Wildman–Crippen MR) is 67.4 cm³/mol. The molecule has 1 aromatic rings. The van der Waals surface area contributed by atoms with Gasteiger partial charge in [-0.1, -0.05) is 38.1 Å². The lowest BCUT2D eigenvalue weighted by Gasteiger charge is -2.11. The van der Waals surface area contributed by atoms with Gasteiger partial charge in [-0.3, -0.25) is 4.79 Å². The van der Waals surface area contributed by atoms with Crippen LogP contribution in [0.5, 0.6) is 0 Å². The van der Waals surface area contributed by atoms with Gasteiger partial charge in [-0.15, -0.1) is 0 Å². The van der Waals surface area contributed by atoms with Crippen LogP contribution in [0.25, 0.3) is 0 Å². The minimum absolute atomic E-state index is 0.110. The van der Waals surface area contributed by atoms with E-state index in [9.17, 15) is 4.79 Å². The van der Waals surface area contributed by atoms with E-state index in [0.717, 1.165) is 18.4 Å². The third kappa shape index (κ3) is 4.05. The minimum atomic E-state index is 0.110. The number of benzene rings is 1. The van der Waals surface area contributed by atoms with E-state index < -0.39 is 0 Å². The molecule has 88 valence electrons. The van der Waals surface area contributed by atoms with Gasteiger partial charge in [-0.2, -0.15) is 0 Å². The molecule has 0 saturated carbocycles. The Balaban J connectivity index is 2.49. The molecule has 0 heterocycles. The topological polar surface area (TPSA) is 29.1 Å². The van der Waals surface area contributed by atoms with Gasteiger partial charge in [0, 0.05) is 6.04 Å². The Morgan fingerprint density at radius 3 is 2.25 bits per heavy atom. The molecule has 1 unspecified atom stereocenters. The first-order valence-corrected chi connectivity index (χ1v) is 6.02. The van der Waals surface area contributed by atoms with Gasteiger partial charge in [0.05, 0.1) is 6.42 Å². The molecule has 1 atom stereocenters. The summed E-state index contributed by atoms with van der Waals surface area (Å²) in [6.07, 6.45) is 2.49. The molecule has 0 aliphatic heterocycles. The van der Waals surface area contributed by atoms with Gasteiger partial charge in [0.15, 0.2) is 0 Å². The first-order chi connectivity index (χ1) is 7.65. The molecule has 1 aromatic carbocycles. The Kier molecular flexibility index (Phi) is 5.03. The molecule has 1 amide bonds. The summed E-state index contributed by atoms with van der Waals surface area (Å²) in [6, 6.07) is 8.52. The van der Waals surface area contributed by atoms with Crippen molar-refractivity contribution in [1.82, 2.24) is 5.32 Å². The van der Waals surface area contributed by atoms with E-state index in [1.807, 2.05) is 19.1 Å². The van der Waals surface area contributed by atoms with Gasteiger partial charge >= 0.3 is 0 Å².